The van der Waals surface area contributed by atoms with Crippen LogP contribution in [-0.2, 0) is 15.1 Å². The Balaban J connectivity index is 1.21. The average Bonchev–Trinajstić information content (AvgIpc) is 3.49. The summed E-state index contributed by atoms with van der Waals surface area (Å²) in [6.45, 7) is 7.61. The molecule has 3 saturated carbocycles. The first-order chi connectivity index (χ1) is 18.3. The lowest BCUT2D eigenvalue weighted by Crippen LogP contribution is -2.53. The largest absolute Gasteiger partial charge is 0.359 e. The molecule has 5 aliphatic rings. The van der Waals surface area contributed by atoms with Crippen molar-refractivity contribution in [1.29, 1.82) is 0 Å². The van der Waals surface area contributed by atoms with Gasteiger partial charge in [-0.1, -0.05) is 80.1 Å². The normalized spacial score (nSPS) is 41.7. The van der Waals surface area contributed by atoms with Crippen molar-refractivity contribution in [2.24, 2.45) is 34.5 Å². The molecule has 1 heterocycles. The van der Waals surface area contributed by atoms with Gasteiger partial charge >= 0.3 is 0 Å². The molecule has 4 fully saturated rings. The molecule has 2 nitrogen and oxygen atoms in total. The van der Waals surface area contributed by atoms with Crippen LogP contribution in [0.4, 0.5) is 0 Å². The van der Waals surface area contributed by atoms with Crippen LogP contribution in [0.5, 0.6) is 0 Å². The monoisotopic (exact) mass is 508 g/mol. The fraction of sp³-hybridized carbons (Fsp3) is 0.583. The average molecular weight is 509 g/mol. The van der Waals surface area contributed by atoms with Crippen LogP contribution in [0.15, 0.2) is 72.3 Å². The molecule has 0 unspecified atom stereocenters. The van der Waals surface area contributed by atoms with Gasteiger partial charge in [-0.3, -0.25) is 4.79 Å². The van der Waals surface area contributed by atoms with E-state index in [1.54, 1.807) is 0 Å². The van der Waals surface area contributed by atoms with E-state index < -0.39 is 0 Å². The second-order valence-electron chi connectivity index (χ2n) is 14.1. The summed E-state index contributed by atoms with van der Waals surface area (Å²) < 4.78 is 7.51. The molecule has 2 aromatic rings. The molecule has 0 bridgehead atoms. The summed E-state index contributed by atoms with van der Waals surface area (Å²) >= 11 is 0. The first-order valence-electron chi connectivity index (χ1n) is 15.3. The molecule has 0 N–H and O–H groups in total. The van der Waals surface area contributed by atoms with Crippen molar-refractivity contribution < 1.29 is 9.53 Å². The molecule has 2 aromatic carbocycles. The van der Waals surface area contributed by atoms with Crippen molar-refractivity contribution in [3.8, 4) is 0 Å². The number of hydrogen-bond donors (Lipinski definition) is 0. The van der Waals surface area contributed by atoms with E-state index in [4.69, 9.17) is 4.74 Å². The Morgan fingerprint density at radius 2 is 1.39 bits per heavy atom. The number of benzene rings is 2. The maximum Gasteiger partial charge on any atom is 0.155 e. The fourth-order valence-corrected chi connectivity index (χ4v) is 10.7. The smallest absolute Gasteiger partial charge is 0.155 e. The van der Waals surface area contributed by atoms with Crippen LogP contribution >= 0.6 is 0 Å². The van der Waals surface area contributed by atoms with Gasteiger partial charge in [-0.25, -0.2) is 0 Å². The Bertz CT molecular complexity index is 1210. The van der Waals surface area contributed by atoms with Gasteiger partial charge in [-0.15, -0.1) is 0 Å². The van der Waals surface area contributed by atoms with E-state index in [-0.39, 0.29) is 16.6 Å². The zero-order chi connectivity index (χ0) is 26.2. The van der Waals surface area contributed by atoms with Gasteiger partial charge in [0.2, 0.25) is 0 Å². The number of hydrogen-bond acceptors (Lipinski definition) is 2. The first-order valence-corrected chi connectivity index (χ1v) is 15.3. The van der Waals surface area contributed by atoms with Crippen LogP contribution in [0.2, 0.25) is 0 Å². The van der Waals surface area contributed by atoms with Gasteiger partial charge in [0.1, 0.15) is 5.60 Å². The number of rotatable bonds is 3. The summed E-state index contributed by atoms with van der Waals surface area (Å²) in [7, 11) is 0. The summed E-state index contributed by atoms with van der Waals surface area (Å²) in [6, 6.07) is 22.0. The Morgan fingerprint density at radius 1 is 0.711 bits per heavy atom. The molecular formula is C36H44O2. The minimum absolute atomic E-state index is 0.122. The second-order valence-corrected chi connectivity index (χ2v) is 14.1. The second kappa shape index (κ2) is 8.65. The third-order valence-electron chi connectivity index (χ3n) is 12.6. The van der Waals surface area contributed by atoms with E-state index in [0.29, 0.717) is 17.1 Å². The number of ketones is 1. The highest BCUT2D eigenvalue weighted by Gasteiger charge is 2.64. The lowest BCUT2D eigenvalue weighted by molar-refractivity contribution is -0.150. The maximum absolute atomic E-state index is 12.2. The van der Waals surface area contributed by atoms with Crippen molar-refractivity contribution in [3.05, 3.63) is 83.4 Å². The van der Waals surface area contributed by atoms with Gasteiger partial charge in [-0.2, -0.15) is 0 Å². The molecule has 0 amide bonds. The van der Waals surface area contributed by atoms with Crippen LogP contribution in [-0.4, -0.2) is 11.4 Å². The van der Waals surface area contributed by atoms with Gasteiger partial charge < -0.3 is 4.74 Å². The van der Waals surface area contributed by atoms with Crippen LogP contribution in [0.25, 0.3) is 0 Å². The highest BCUT2D eigenvalue weighted by molar-refractivity contribution is 5.91. The van der Waals surface area contributed by atoms with Gasteiger partial charge in [0.15, 0.2) is 5.78 Å². The summed E-state index contributed by atoms with van der Waals surface area (Å²) in [5.41, 5.74) is 4.17. The zero-order valence-electron chi connectivity index (χ0n) is 23.5. The highest BCUT2D eigenvalue weighted by Crippen LogP contribution is 2.69. The summed E-state index contributed by atoms with van der Waals surface area (Å²) in [5, 5.41) is 0. The van der Waals surface area contributed by atoms with Crippen LogP contribution < -0.4 is 0 Å². The van der Waals surface area contributed by atoms with E-state index in [2.05, 4.69) is 81.4 Å². The Labute approximate surface area is 229 Å². The summed E-state index contributed by atoms with van der Waals surface area (Å²) in [5.74, 6) is 3.28. The van der Waals surface area contributed by atoms with Crippen molar-refractivity contribution in [2.75, 3.05) is 0 Å². The molecule has 7 rings (SSSR count). The van der Waals surface area contributed by atoms with E-state index in [1.807, 2.05) is 6.08 Å². The molecule has 7 atom stereocenters. The number of fused-ring (bicyclic) bond motifs is 5. The SMILES string of the molecule is C[C@]12CC[C@@H]3[C@@H](CCC4=CC(=O)CC[C@@]43C)[C@@H]1CC[C@@H]2[C@]1(C)CCC(c2ccccc2)(c2ccccc2)O1. The van der Waals surface area contributed by atoms with Crippen molar-refractivity contribution >= 4 is 5.78 Å². The Morgan fingerprint density at radius 3 is 2.08 bits per heavy atom. The number of carbonyl (C=O) groups is 1. The predicted octanol–water partition coefficient (Wildman–Crippen LogP) is 8.65. The van der Waals surface area contributed by atoms with Crippen LogP contribution in [0.3, 0.4) is 0 Å². The molecule has 4 aliphatic carbocycles. The summed E-state index contributed by atoms with van der Waals surface area (Å²) in [6.07, 6.45) is 13.7. The molecule has 38 heavy (non-hydrogen) atoms. The third kappa shape index (κ3) is 3.44. The topological polar surface area (TPSA) is 26.3 Å². The van der Waals surface area contributed by atoms with Crippen LogP contribution in [0.1, 0.15) is 96.1 Å². The number of ether oxygens (including phenoxy) is 1. The Hall–Kier alpha value is -2.19. The van der Waals surface area contributed by atoms with E-state index in [9.17, 15) is 4.79 Å². The maximum atomic E-state index is 12.2. The van der Waals surface area contributed by atoms with E-state index in [1.165, 1.54) is 48.8 Å². The van der Waals surface area contributed by atoms with Crippen LogP contribution in [0, 0.1) is 34.5 Å². The predicted molar refractivity (Wildman–Crippen MR) is 153 cm³/mol. The quantitative estimate of drug-likeness (QED) is 0.415. The van der Waals surface area contributed by atoms with Gasteiger partial charge in [-0.05, 0) is 116 Å². The highest BCUT2D eigenvalue weighted by atomic mass is 16.5. The summed E-state index contributed by atoms with van der Waals surface area (Å²) in [4.78, 5) is 12.2. The lowest BCUT2D eigenvalue weighted by Gasteiger charge is -2.59. The van der Waals surface area contributed by atoms with Crippen molar-refractivity contribution in [3.63, 3.8) is 0 Å². The first kappa shape index (κ1) is 24.8. The van der Waals surface area contributed by atoms with Gasteiger partial charge in [0.25, 0.3) is 0 Å². The molecule has 1 aliphatic heterocycles. The van der Waals surface area contributed by atoms with Gasteiger partial charge in [0, 0.05) is 6.42 Å². The van der Waals surface area contributed by atoms with Crippen molar-refractivity contribution in [1.82, 2.24) is 0 Å². The number of allylic oxidation sites excluding steroid dienone is 1. The molecule has 0 spiro atoms. The molecule has 0 radical (unpaired) electrons. The lowest BCUT2D eigenvalue weighted by atomic mass is 9.46. The Kier molecular flexibility index (Phi) is 5.65. The molecular weight excluding hydrogens is 464 g/mol. The molecule has 1 saturated heterocycles. The standard InChI is InChI=1S/C36H44O2/c1-33-20-18-28(37)24-27(33)14-15-29-30-16-17-32(34(30,2)21-19-31(29)33)35(3)22-23-36(38-35,25-10-6-4-7-11-25)26-12-8-5-9-13-26/h4-13,24,29-32H,14-23H2,1-3H3/t29-,30-,31+,32-,33-,34-,35-/m0/s1. The fourth-order valence-electron chi connectivity index (χ4n) is 10.7. The minimum Gasteiger partial charge on any atom is -0.359 e. The van der Waals surface area contributed by atoms with E-state index in [0.717, 1.165) is 49.9 Å². The zero-order valence-corrected chi connectivity index (χ0v) is 23.5. The molecule has 200 valence electrons. The number of carbonyl (C=O) groups excluding carboxylic acids is 1. The molecule has 2 heteroatoms. The van der Waals surface area contributed by atoms with Crippen molar-refractivity contribution in [2.45, 2.75) is 96.2 Å². The minimum atomic E-state index is -0.366. The van der Waals surface area contributed by atoms with E-state index >= 15 is 0 Å². The molecule has 0 aromatic heterocycles. The third-order valence-corrected chi connectivity index (χ3v) is 12.6. The van der Waals surface area contributed by atoms with Gasteiger partial charge in [0.05, 0.1) is 5.60 Å².